The topological polar surface area (TPSA) is 51.5 Å². The Morgan fingerprint density at radius 3 is 3.00 bits per heavy atom. The van der Waals surface area contributed by atoms with Crippen LogP contribution in [0.25, 0.3) is 0 Å². The lowest BCUT2D eigenvalue weighted by atomic mass is 9.79. The van der Waals surface area contributed by atoms with Crippen molar-refractivity contribution in [3.8, 4) is 11.8 Å². The van der Waals surface area contributed by atoms with E-state index in [2.05, 4.69) is 6.07 Å². The minimum Gasteiger partial charge on any atom is -0.489 e. The summed E-state index contributed by atoms with van der Waals surface area (Å²) in [5.41, 5.74) is 3.75. The van der Waals surface area contributed by atoms with Gasteiger partial charge in [0.25, 0.3) is 0 Å². The second-order valence-corrected chi connectivity index (χ2v) is 4.84. The molecule has 4 nitrogen and oxygen atoms in total. The van der Waals surface area contributed by atoms with Crippen LogP contribution in [0.2, 0.25) is 0 Å². The van der Waals surface area contributed by atoms with Crippen molar-refractivity contribution in [3.63, 3.8) is 0 Å². The molecule has 0 bridgehead atoms. The van der Waals surface area contributed by atoms with Crippen LogP contribution in [-0.2, 0) is 22.5 Å². The predicted octanol–water partition coefficient (Wildman–Crippen LogP) is 2.01. The van der Waals surface area contributed by atoms with E-state index in [9.17, 15) is 0 Å². The molecule has 0 atom stereocenters. The van der Waals surface area contributed by atoms with Crippen LogP contribution in [0.15, 0.2) is 42.5 Å². The highest BCUT2D eigenvalue weighted by molar-refractivity contribution is 6.62. The second kappa shape index (κ2) is 6.00. The van der Waals surface area contributed by atoms with Crippen molar-refractivity contribution in [1.29, 1.82) is 5.26 Å². The van der Waals surface area contributed by atoms with Crippen LogP contribution in [-0.4, -0.2) is 14.2 Å². The largest absolute Gasteiger partial charge is 0.494 e. The molecule has 0 fully saturated rings. The lowest BCUT2D eigenvalue weighted by molar-refractivity contribution is 0.245. The molecule has 21 heavy (non-hydrogen) atoms. The van der Waals surface area contributed by atoms with E-state index in [-0.39, 0.29) is 7.12 Å². The van der Waals surface area contributed by atoms with Crippen molar-refractivity contribution in [2.75, 3.05) is 7.11 Å². The van der Waals surface area contributed by atoms with Crippen molar-refractivity contribution >= 4 is 12.6 Å². The van der Waals surface area contributed by atoms with E-state index in [4.69, 9.17) is 19.3 Å². The molecule has 3 rings (SSSR count). The van der Waals surface area contributed by atoms with Crippen LogP contribution in [0.1, 0.15) is 16.7 Å². The highest BCUT2D eigenvalue weighted by atomic mass is 16.6. The molecule has 1 aliphatic rings. The Hall–Kier alpha value is -2.29. The van der Waals surface area contributed by atoms with Crippen molar-refractivity contribution in [3.05, 3.63) is 59.2 Å². The number of fused-ring (bicyclic) bond motifs is 1. The molecule has 0 aromatic heterocycles. The molecule has 2 aromatic carbocycles. The lowest BCUT2D eigenvalue weighted by Gasteiger charge is -2.08. The Morgan fingerprint density at radius 2 is 2.19 bits per heavy atom. The van der Waals surface area contributed by atoms with Crippen molar-refractivity contribution in [2.24, 2.45) is 0 Å². The minimum atomic E-state index is -0.277. The fraction of sp³-hybridized carbons (Fsp3) is 0.188. The number of hydrogen-bond donors (Lipinski definition) is 0. The van der Waals surface area contributed by atoms with Crippen LogP contribution < -0.4 is 10.2 Å². The molecular weight excluding hydrogens is 265 g/mol. The zero-order chi connectivity index (χ0) is 14.7. The van der Waals surface area contributed by atoms with Crippen LogP contribution >= 0.6 is 0 Å². The normalized spacial score (nSPS) is 12.9. The third-order valence-corrected chi connectivity index (χ3v) is 3.43. The Bertz CT molecular complexity index is 696. The van der Waals surface area contributed by atoms with E-state index in [1.807, 2.05) is 36.4 Å². The number of nitrogens with zero attached hydrogens (tertiary/aromatic N) is 1. The SMILES string of the molecule is COB1OCc2cc(OCc3cccc(C#N)c3)ccc21. The summed E-state index contributed by atoms with van der Waals surface area (Å²) in [5.74, 6) is 0.788. The Balaban J connectivity index is 1.70. The van der Waals surface area contributed by atoms with Gasteiger partial charge in [-0.2, -0.15) is 5.26 Å². The van der Waals surface area contributed by atoms with Crippen molar-refractivity contribution < 1.29 is 14.0 Å². The predicted molar refractivity (Wildman–Crippen MR) is 79.1 cm³/mol. The standard InChI is InChI=1S/C16H14BNO3/c1-19-17-16-6-5-15(8-14(16)11-21-17)20-10-13-4-2-3-12(7-13)9-18/h2-8H,10-11H2,1H3. The monoisotopic (exact) mass is 279 g/mol. The first-order valence-corrected chi connectivity index (χ1v) is 6.69. The Labute approximate surface area is 124 Å². The van der Waals surface area contributed by atoms with E-state index >= 15 is 0 Å². The van der Waals surface area contributed by atoms with Gasteiger partial charge in [0.05, 0.1) is 18.2 Å². The van der Waals surface area contributed by atoms with E-state index in [0.717, 1.165) is 22.3 Å². The van der Waals surface area contributed by atoms with Crippen LogP contribution in [0.5, 0.6) is 5.75 Å². The van der Waals surface area contributed by atoms with Gasteiger partial charge in [-0.3, -0.25) is 0 Å². The summed E-state index contributed by atoms with van der Waals surface area (Å²) in [4.78, 5) is 0. The number of benzene rings is 2. The van der Waals surface area contributed by atoms with E-state index in [1.165, 1.54) is 0 Å². The first-order valence-electron chi connectivity index (χ1n) is 6.69. The Morgan fingerprint density at radius 1 is 1.29 bits per heavy atom. The average molecular weight is 279 g/mol. The summed E-state index contributed by atoms with van der Waals surface area (Å²) in [5, 5.41) is 8.88. The molecule has 0 unspecified atom stereocenters. The zero-order valence-corrected chi connectivity index (χ0v) is 11.7. The molecule has 0 saturated heterocycles. The summed E-state index contributed by atoms with van der Waals surface area (Å²) >= 11 is 0. The summed E-state index contributed by atoms with van der Waals surface area (Å²) < 4.78 is 16.5. The third-order valence-electron chi connectivity index (χ3n) is 3.43. The molecule has 0 aliphatic carbocycles. The van der Waals surface area contributed by atoms with Crippen molar-refractivity contribution in [1.82, 2.24) is 0 Å². The molecule has 0 amide bonds. The highest BCUT2D eigenvalue weighted by Crippen LogP contribution is 2.19. The molecule has 5 heteroatoms. The maximum Gasteiger partial charge on any atom is 0.494 e. The molecular formula is C16H14BNO3. The van der Waals surface area contributed by atoms with Gasteiger partial charge in [-0.25, -0.2) is 0 Å². The molecule has 0 radical (unpaired) electrons. The molecule has 2 aromatic rings. The maximum atomic E-state index is 8.88. The van der Waals surface area contributed by atoms with Gasteiger partial charge < -0.3 is 14.0 Å². The third kappa shape index (κ3) is 2.92. The average Bonchev–Trinajstić information content (AvgIpc) is 2.95. The summed E-state index contributed by atoms with van der Waals surface area (Å²) in [7, 11) is 1.35. The Kier molecular flexibility index (Phi) is 3.91. The van der Waals surface area contributed by atoms with Gasteiger partial charge in [0.15, 0.2) is 0 Å². The molecule has 104 valence electrons. The molecule has 1 heterocycles. The summed E-state index contributed by atoms with van der Waals surface area (Å²) in [6.07, 6.45) is 0. The number of rotatable bonds is 4. The second-order valence-electron chi connectivity index (χ2n) is 4.84. The van der Waals surface area contributed by atoms with Gasteiger partial charge in [-0.05, 0) is 40.9 Å². The molecule has 0 saturated carbocycles. The molecule has 0 N–H and O–H groups in total. The van der Waals surface area contributed by atoms with E-state index in [0.29, 0.717) is 18.8 Å². The van der Waals surface area contributed by atoms with E-state index < -0.39 is 0 Å². The van der Waals surface area contributed by atoms with Gasteiger partial charge >= 0.3 is 7.12 Å². The molecule has 1 aliphatic heterocycles. The zero-order valence-electron chi connectivity index (χ0n) is 11.7. The first-order chi connectivity index (χ1) is 10.3. The smallest absolute Gasteiger partial charge is 0.489 e. The first kappa shape index (κ1) is 13.7. The summed E-state index contributed by atoms with van der Waals surface area (Å²) in [6, 6.07) is 15.4. The number of nitriles is 1. The molecule has 0 spiro atoms. The van der Waals surface area contributed by atoms with Gasteiger partial charge in [-0.15, -0.1) is 0 Å². The van der Waals surface area contributed by atoms with Gasteiger partial charge in [0.2, 0.25) is 0 Å². The van der Waals surface area contributed by atoms with Crippen LogP contribution in [0.4, 0.5) is 0 Å². The van der Waals surface area contributed by atoms with Crippen LogP contribution in [0, 0.1) is 11.3 Å². The number of ether oxygens (including phenoxy) is 1. The maximum absolute atomic E-state index is 8.88. The summed E-state index contributed by atoms with van der Waals surface area (Å²) in [6.45, 7) is 0.970. The van der Waals surface area contributed by atoms with Crippen molar-refractivity contribution in [2.45, 2.75) is 13.2 Å². The fourth-order valence-corrected chi connectivity index (χ4v) is 2.37. The van der Waals surface area contributed by atoms with Gasteiger partial charge in [-0.1, -0.05) is 18.2 Å². The van der Waals surface area contributed by atoms with Gasteiger partial charge in [0, 0.05) is 7.11 Å². The van der Waals surface area contributed by atoms with E-state index in [1.54, 1.807) is 13.2 Å². The fourth-order valence-electron chi connectivity index (χ4n) is 2.37. The van der Waals surface area contributed by atoms with Gasteiger partial charge in [0.1, 0.15) is 12.4 Å². The minimum absolute atomic E-state index is 0.277. The lowest BCUT2D eigenvalue weighted by Crippen LogP contribution is -2.30. The quantitative estimate of drug-likeness (QED) is 0.803. The highest BCUT2D eigenvalue weighted by Gasteiger charge is 2.29. The van der Waals surface area contributed by atoms with Crippen LogP contribution in [0.3, 0.4) is 0 Å². The number of hydrogen-bond acceptors (Lipinski definition) is 4.